The molecule has 4 atom stereocenters. The van der Waals surface area contributed by atoms with Crippen molar-refractivity contribution >= 4 is 53.5 Å². The van der Waals surface area contributed by atoms with Crippen LogP contribution in [0.2, 0.25) is 0 Å². The van der Waals surface area contributed by atoms with Crippen molar-refractivity contribution in [1.29, 1.82) is 0 Å². The standard InChI is InChI=1S/C36H60N8O7S/c45-29(17-8-7-16-28-32-27(25-52-28)40-34(49)42-32)37-20-10-1-2-11-21-38-33(48)26(41-36(51)44-24-14-4-6-19-31(44)47)15-9-12-22-39-35(50)43-23-13-3-5-18-30(43)46/h26-28,32H,1-25H2,(H,37,45)(H,38,48)(H,39,50)(H,41,51)(H2,40,42,49)/t26-,27-,28-,32-/m0/s1. The van der Waals surface area contributed by atoms with Gasteiger partial charge in [-0.05, 0) is 70.6 Å². The zero-order valence-corrected chi connectivity index (χ0v) is 31.5. The average molecular weight is 749 g/mol. The lowest BCUT2D eigenvalue weighted by molar-refractivity contribution is -0.129. The van der Waals surface area contributed by atoms with E-state index in [9.17, 15) is 33.6 Å². The first-order chi connectivity index (χ1) is 25.2. The number of carbonyl (C=O) groups is 7. The summed E-state index contributed by atoms with van der Waals surface area (Å²) in [6.07, 6.45) is 13.7. The lowest BCUT2D eigenvalue weighted by atomic mass is 10.0. The van der Waals surface area contributed by atoms with Crippen molar-refractivity contribution in [2.75, 3.05) is 38.5 Å². The van der Waals surface area contributed by atoms with Crippen LogP contribution in [-0.2, 0) is 19.2 Å². The van der Waals surface area contributed by atoms with E-state index in [1.807, 2.05) is 11.8 Å². The third kappa shape index (κ3) is 13.8. The molecule has 16 heteroatoms. The van der Waals surface area contributed by atoms with Crippen LogP contribution < -0.4 is 31.9 Å². The monoisotopic (exact) mass is 748 g/mol. The molecule has 0 spiro atoms. The van der Waals surface area contributed by atoms with Crippen LogP contribution in [0.4, 0.5) is 14.4 Å². The first-order valence-electron chi connectivity index (χ1n) is 19.6. The summed E-state index contributed by atoms with van der Waals surface area (Å²) in [6.45, 7) is 2.16. The van der Waals surface area contributed by atoms with E-state index in [1.54, 1.807) is 0 Å². The summed E-state index contributed by atoms with van der Waals surface area (Å²) in [5, 5.41) is 17.9. The summed E-state index contributed by atoms with van der Waals surface area (Å²) in [4.78, 5) is 89.8. The van der Waals surface area contributed by atoms with Gasteiger partial charge in [-0.1, -0.05) is 32.1 Å². The van der Waals surface area contributed by atoms with Gasteiger partial charge in [-0.15, -0.1) is 0 Å². The van der Waals surface area contributed by atoms with Crippen molar-refractivity contribution in [3.8, 4) is 0 Å². The molecule has 52 heavy (non-hydrogen) atoms. The van der Waals surface area contributed by atoms with Crippen LogP contribution in [0, 0.1) is 0 Å². The molecule has 0 aromatic heterocycles. The van der Waals surface area contributed by atoms with Crippen molar-refractivity contribution in [2.45, 2.75) is 145 Å². The van der Waals surface area contributed by atoms with Gasteiger partial charge < -0.3 is 31.9 Å². The Balaban J connectivity index is 1.08. The van der Waals surface area contributed by atoms with E-state index in [-0.39, 0.29) is 47.8 Å². The second kappa shape index (κ2) is 22.5. The summed E-state index contributed by atoms with van der Waals surface area (Å²) >= 11 is 1.89. The molecule has 0 aliphatic carbocycles. The molecule has 10 amide bonds. The predicted molar refractivity (Wildman–Crippen MR) is 198 cm³/mol. The maximum absolute atomic E-state index is 13.2. The van der Waals surface area contributed by atoms with Gasteiger partial charge in [-0.25, -0.2) is 14.4 Å². The highest BCUT2D eigenvalue weighted by atomic mass is 32.2. The van der Waals surface area contributed by atoms with Gasteiger partial charge in [-0.3, -0.25) is 29.0 Å². The molecule has 0 unspecified atom stereocenters. The van der Waals surface area contributed by atoms with Crippen molar-refractivity contribution in [2.24, 2.45) is 0 Å². The van der Waals surface area contributed by atoms with E-state index in [2.05, 4.69) is 31.9 Å². The number of likely N-dealkylation sites (tertiary alicyclic amines) is 2. The molecular formula is C36H60N8O7S. The van der Waals surface area contributed by atoms with Gasteiger partial charge >= 0.3 is 18.1 Å². The third-order valence-corrected chi connectivity index (χ3v) is 11.8. The minimum atomic E-state index is -0.823. The highest BCUT2D eigenvalue weighted by Gasteiger charge is 2.42. The SMILES string of the molecule is O=C(CCCC[C@@H]1SC[C@@H]2NC(=O)N[C@@H]21)NCCCCCCNC(=O)[C@H](CCCCNC(=O)N1CCCCCC1=O)NC(=O)N1CCCCCC1=O. The Morgan fingerprint density at radius 1 is 0.692 bits per heavy atom. The fourth-order valence-corrected chi connectivity index (χ4v) is 8.73. The number of fused-ring (bicyclic) bond motifs is 1. The smallest absolute Gasteiger partial charge is 0.324 e. The number of urea groups is 3. The molecule has 0 aromatic rings. The van der Waals surface area contributed by atoms with Gasteiger partial charge in [-0.2, -0.15) is 11.8 Å². The molecule has 4 saturated heterocycles. The second-order valence-electron chi connectivity index (χ2n) is 14.4. The first-order valence-corrected chi connectivity index (χ1v) is 20.7. The summed E-state index contributed by atoms with van der Waals surface area (Å²) in [6, 6.07) is -1.42. The van der Waals surface area contributed by atoms with Gasteiger partial charge in [0.25, 0.3) is 0 Å². The van der Waals surface area contributed by atoms with Crippen molar-refractivity contribution in [3.05, 3.63) is 0 Å². The second-order valence-corrected chi connectivity index (χ2v) is 15.6. The maximum Gasteiger partial charge on any atom is 0.324 e. The van der Waals surface area contributed by atoms with Crippen LogP contribution in [0.3, 0.4) is 0 Å². The van der Waals surface area contributed by atoms with Gasteiger partial charge in [0, 0.05) is 63.0 Å². The number of amides is 10. The molecule has 292 valence electrons. The quantitative estimate of drug-likeness (QED) is 0.0855. The van der Waals surface area contributed by atoms with Crippen LogP contribution >= 0.6 is 11.8 Å². The van der Waals surface area contributed by atoms with Crippen LogP contribution in [0.25, 0.3) is 0 Å². The Morgan fingerprint density at radius 3 is 2.04 bits per heavy atom. The Hall–Kier alpha value is -3.56. The van der Waals surface area contributed by atoms with Crippen LogP contribution in [-0.4, -0.2) is 113 Å². The largest absolute Gasteiger partial charge is 0.356 e. The van der Waals surface area contributed by atoms with Crippen LogP contribution in [0.15, 0.2) is 0 Å². The molecule has 0 bridgehead atoms. The molecule has 15 nitrogen and oxygen atoms in total. The number of unbranched alkanes of at least 4 members (excludes halogenated alkanes) is 5. The minimum Gasteiger partial charge on any atom is -0.356 e. The minimum absolute atomic E-state index is 0.0601. The lowest BCUT2D eigenvalue weighted by Crippen LogP contribution is -2.52. The summed E-state index contributed by atoms with van der Waals surface area (Å²) in [5.41, 5.74) is 0. The zero-order chi connectivity index (χ0) is 37.1. The van der Waals surface area contributed by atoms with Crippen LogP contribution in [0.5, 0.6) is 0 Å². The molecule has 4 aliphatic rings. The Labute approximate surface area is 312 Å². The molecular weight excluding hydrogens is 689 g/mol. The number of rotatable bonds is 19. The molecule has 0 saturated carbocycles. The lowest BCUT2D eigenvalue weighted by Gasteiger charge is -2.24. The molecule has 4 rings (SSSR count). The van der Waals surface area contributed by atoms with Gasteiger partial charge in [0.1, 0.15) is 6.04 Å². The number of thioether (sulfide) groups is 1. The van der Waals surface area contributed by atoms with E-state index >= 15 is 0 Å². The molecule has 4 heterocycles. The van der Waals surface area contributed by atoms with Gasteiger partial charge in [0.15, 0.2) is 0 Å². The number of imide groups is 2. The highest BCUT2D eigenvalue weighted by molar-refractivity contribution is 8.00. The topological polar surface area (TPSA) is 198 Å². The molecule has 0 aromatic carbocycles. The third-order valence-electron chi connectivity index (χ3n) is 10.3. The van der Waals surface area contributed by atoms with E-state index in [0.29, 0.717) is 76.5 Å². The van der Waals surface area contributed by atoms with E-state index < -0.39 is 12.1 Å². The summed E-state index contributed by atoms with van der Waals surface area (Å²) < 4.78 is 0. The van der Waals surface area contributed by atoms with E-state index in [1.165, 1.54) is 9.80 Å². The number of nitrogens with zero attached hydrogens (tertiary/aromatic N) is 2. The summed E-state index contributed by atoms with van der Waals surface area (Å²) in [7, 11) is 0. The number of nitrogens with one attached hydrogen (secondary N) is 6. The Morgan fingerprint density at radius 2 is 1.33 bits per heavy atom. The van der Waals surface area contributed by atoms with E-state index in [0.717, 1.165) is 89.2 Å². The van der Waals surface area contributed by atoms with Crippen molar-refractivity contribution in [3.63, 3.8) is 0 Å². The number of hydrogen-bond donors (Lipinski definition) is 6. The van der Waals surface area contributed by atoms with E-state index in [4.69, 9.17) is 0 Å². The summed E-state index contributed by atoms with van der Waals surface area (Å²) in [5.74, 6) is 0.310. The number of carbonyl (C=O) groups excluding carboxylic acids is 7. The highest BCUT2D eigenvalue weighted by Crippen LogP contribution is 2.33. The molecule has 6 N–H and O–H groups in total. The normalized spacial score (nSPS) is 22.4. The molecule has 4 aliphatic heterocycles. The molecule has 0 radical (unpaired) electrons. The van der Waals surface area contributed by atoms with Crippen molar-refractivity contribution in [1.82, 2.24) is 41.7 Å². The predicted octanol–water partition coefficient (Wildman–Crippen LogP) is 3.27. The molecule has 4 fully saturated rings. The Kier molecular flexibility index (Phi) is 17.8. The average Bonchev–Trinajstić information content (AvgIpc) is 3.48. The Bertz CT molecular complexity index is 1240. The fraction of sp³-hybridized carbons (Fsp3) is 0.806. The first kappa shape index (κ1) is 41.2. The van der Waals surface area contributed by atoms with Gasteiger partial charge in [0.2, 0.25) is 23.6 Å². The van der Waals surface area contributed by atoms with Crippen LogP contribution in [0.1, 0.15) is 122 Å². The number of hydrogen-bond acceptors (Lipinski definition) is 8. The zero-order valence-electron chi connectivity index (χ0n) is 30.6. The van der Waals surface area contributed by atoms with Gasteiger partial charge in [0.05, 0.1) is 12.1 Å². The maximum atomic E-state index is 13.2. The fourth-order valence-electron chi connectivity index (χ4n) is 7.18. The van der Waals surface area contributed by atoms with Crippen molar-refractivity contribution < 1.29 is 33.6 Å².